The molecule has 1 rings (SSSR count). The minimum absolute atomic E-state index is 0. The van der Waals surface area contributed by atoms with Gasteiger partial charge in [0.25, 0.3) is 0 Å². The van der Waals surface area contributed by atoms with Crippen molar-refractivity contribution >= 4 is 24.8 Å². The molecule has 0 N–H and O–H groups in total. The Labute approximate surface area is 75.0 Å². The fourth-order valence-corrected chi connectivity index (χ4v) is 0.340. The predicted molar refractivity (Wildman–Crippen MR) is 36.1 cm³/mol. The normalized spacial score (nSPS) is 11.0. The van der Waals surface area contributed by atoms with Crippen LogP contribution in [0, 0.1) is 6.08 Å². The molecule has 0 aliphatic heterocycles. The molecule has 0 saturated carbocycles. The number of halogens is 2. The largest absolute Gasteiger partial charge is 0.273 e. The average molecular weight is 241 g/mol. The van der Waals surface area contributed by atoms with Crippen molar-refractivity contribution in [2.75, 3.05) is 0 Å². The van der Waals surface area contributed by atoms with Crippen LogP contribution in [0.1, 0.15) is 6.42 Å². The van der Waals surface area contributed by atoms with Crippen LogP contribution in [-0.4, -0.2) is 0 Å². The first-order chi connectivity index (χ1) is 2.50. The van der Waals surface area contributed by atoms with Gasteiger partial charge in [0.1, 0.15) is 0 Å². The minimum atomic E-state index is 0. The minimum Gasteiger partial charge on any atom is -0.273 e. The predicted octanol–water partition coefficient (Wildman–Crippen LogP) is 2.15. The van der Waals surface area contributed by atoms with Crippen LogP contribution < -0.4 is 0 Å². The van der Waals surface area contributed by atoms with Gasteiger partial charge < -0.3 is 0 Å². The molecule has 0 aromatic carbocycles. The molecule has 0 unspecified atom stereocenters. The van der Waals surface area contributed by atoms with E-state index in [0.717, 1.165) is 6.42 Å². The third kappa shape index (κ3) is 6.68. The summed E-state index contributed by atoms with van der Waals surface area (Å²) in [6, 6.07) is 0. The third-order valence-electron chi connectivity index (χ3n) is 0.586. The van der Waals surface area contributed by atoms with E-state index in [1.54, 1.807) is 0 Å². The maximum atomic E-state index is 2.99. The molecule has 0 heterocycles. The summed E-state index contributed by atoms with van der Waals surface area (Å²) >= 11 is 0. The Bertz CT molecular complexity index is 68.5. The molecular weight excluding hydrogens is 234 g/mol. The summed E-state index contributed by atoms with van der Waals surface area (Å²) in [5, 5.41) is 0. The molecule has 51 valence electrons. The second kappa shape index (κ2) is 10.6. The molecular formula is C5H7Cl2Rh-. The summed E-state index contributed by atoms with van der Waals surface area (Å²) < 4.78 is 0. The molecule has 1 aliphatic rings. The molecule has 1 radical (unpaired) electrons. The molecule has 0 fully saturated rings. The Morgan fingerprint density at radius 2 is 1.88 bits per heavy atom. The first-order valence-corrected chi connectivity index (χ1v) is 1.72. The van der Waals surface area contributed by atoms with E-state index in [9.17, 15) is 0 Å². The van der Waals surface area contributed by atoms with E-state index in [-0.39, 0.29) is 44.3 Å². The Morgan fingerprint density at radius 1 is 1.25 bits per heavy atom. The van der Waals surface area contributed by atoms with Gasteiger partial charge in [0.2, 0.25) is 0 Å². The van der Waals surface area contributed by atoms with Crippen molar-refractivity contribution in [3.8, 4) is 0 Å². The van der Waals surface area contributed by atoms with E-state index in [1.807, 2.05) is 12.2 Å². The Morgan fingerprint density at radius 3 is 2.00 bits per heavy atom. The first-order valence-electron chi connectivity index (χ1n) is 1.72. The van der Waals surface area contributed by atoms with Crippen molar-refractivity contribution in [2.24, 2.45) is 0 Å². The molecule has 8 heavy (non-hydrogen) atoms. The number of rotatable bonds is 0. The Balaban J connectivity index is -0.0000000833. The molecule has 0 saturated heterocycles. The second-order valence-electron chi connectivity index (χ2n) is 1.00. The fraction of sp³-hybridized carbons (Fsp3) is 0.200. The van der Waals surface area contributed by atoms with E-state index in [1.165, 1.54) is 0 Å². The second-order valence-corrected chi connectivity index (χ2v) is 1.00. The topological polar surface area (TPSA) is 0 Å². The van der Waals surface area contributed by atoms with Crippen molar-refractivity contribution in [3.05, 3.63) is 24.3 Å². The zero-order valence-corrected chi connectivity index (χ0v) is 7.36. The van der Waals surface area contributed by atoms with Crippen molar-refractivity contribution < 1.29 is 19.5 Å². The first kappa shape index (κ1) is 15.9. The van der Waals surface area contributed by atoms with Crippen molar-refractivity contribution in [1.82, 2.24) is 0 Å². The summed E-state index contributed by atoms with van der Waals surface area (Å²) in [7, 11) is 0. The van der Waals surface area contributed by atoms with Gasteiger partial charge >= 0.3 is 0 Å². The zero-order chi connectivity index (χ0) is 3.54. The van der Waals surface area contributed by atoms with E-state index in [0.29, 0.717) is 0 Å². The summed E-state index contributed by atoms with van der Waals surface area (Å²) in [5.41, 5.74) is 0. The van der Waals surface area contributed by atoms with E-state index in [4.69, 9.17) is 0 Å². The number of hydrogen-bond acceptors (Lipinski definition) is 0. The van der Waals surface area contributed by atoms with Gasteiger partial charge in [-0.1, -0.05) is 0 Å². The summed E-state index contributed by atoms with van der Waals surface area (Å²) in [5.74, 6) is 0. The Hall–Kier alpha value is 0.683. The monoisotopic (exact) mass is 240 g/mol. The molecule has 0 atom stereocenters. The molecule has 0 aromatic heterocycles. The van der Waals surface area contributed by atoms with Gasteiger partial charge in [-0.15, -0.1) is 31.2 Å². The molecule has 0 spiro atoms. The molecule has 1 aliphatic carbocycles. The van der Waals surface area contributed by atoms with Crippen LogP contribution in [0.2, 0.25) is 0 Å². The summed E-state index contributed by atoms with van der Waals surface area (Å²) in [6.45, 7) is 0. The molecule has 0 nitrogen and oxygen atoms in total. The van der Waals surface area contributed by atoms with E-state index < -0.39 is 0 Å². The van der Waals surface area contributed by atoms with Crippen molar-refractivity contribution in [1.29, 1.82) is 0 Å². The van der Waals surface area contributed by atoms with Crippen LogP contribution in [0.15, 0.2) is 18.2 Å². The van der Waals surface area contributed by atoms with Gasteiger partial charge in [0.15, 0.2) is 0 Å². The van der Waals surface area contributed by atoms with Gasteiger partial charge in [0.05, 0.1) is 0 Å². The zero-order valence-electron chi connectivity index (χ0n) is 4.09. The van der Waals surface area contributed by atoms with Crippen LogP contribution in [-0.2, 0) is 19.5 Å². The molecule has 0 amide bonds. The number of allylic oxidation sites excluding steroid dienone is 4. The van der Waals surface area contributed by atoms with Crippen LogP contribution in [0.4, 0.5) is 0 Å². The maximum Gasteiger partial charge on any atom is 0 e. The average Bonchev–Trinajstić information content (AvgIpc) is 1.76. The van der Waals surface area contributed by atoms with Crippen molar-refractivity contribution in [2.45, 2.75) is 6.42 Å². The molecule has 0 aromatic rings. The van der Waals surface area contributed by atoms with Gasteiger partial charge in [-0.3, -0.25) is 6.08 Å². The van der Waals surface area contributed by atoms with E-state index >= 15 is 0 Å². The standard InChI is InChI=1S/C5H5.2ClH.Rh/c1-2-4-5-3-1;;;/h1-3H,4H2;2*1H;/q-1;;;. The van der Waals surface area contributed by atoms with Gasteiger partial charge in [-0.2, -0.15) is 6.08 Å². The van der Waals surface area contributed by atoms with Gasteiger partial charge in [0, 0.05) is 19.5 Å². The third-order valence-corrected chi connectivity index (χ3v) is 0.586. The van der Waals surface area contributed by atoms with Crippen LogP contribution in [0.3, 0.4) is 0 Å². The van der Waals surface area contributed by atoms with Crippen LogP contribution >= 0.6 is 24.8 Å². The quantitative estimate of drug-likeness (QED) is 0.450. The molecule has 3 heteroatoms. The smallest absolute Gasteiger partial charge is 0 e. The fourth-order valence-electron chi connectivity index (χ4n) is 0.340. The number of hydrogen-bond donors (Lipinski definition) is 0. The van der Waals surface area contributed by atoms with Gasteiger partial charge in [-0.05, 0) is 0 Å². The Kier molecular flexibility index (Phi) is 21.1. The molecule has 0 bridgehead atoms. The van der Waals surface area contributed by atoms with Gasteiger partial charge in [-0.25, -0.2) is 12.2 Å². The van der Waals surface area contributed by atoms with Crippen molar-refractivity contribution in [3.63, 3.8) is 0 Å². The van der Waals surface area contributed by atoms with E-state index in [2.05, 4.69) is 12.2 Å². The summed E-state index contributed by atoms with van der Waals surface area (Å²) in [6.07, 6.45) is 10.0. The maximum absolute atomic E-state index is 2.99. The summed E-state index contributed by atoms with van der Waals surface area (Å²) in [4.78, 5) is 0. The van der Waals surface area contributed by atoms with Crippen LogP contribution in [0.5, 0.6) is 0 Å². The SMILES string of the molecule is Cl.Cl.[C-]1=CC=CC1.[Rh]. The van der Waals surface area contributed by atoms with Crippen LogP contribution in [0.25, 0.3) is 0 Å².